The van der Waals surface area contributed by atoms with Crippen LogP contribution in [0.5, 0.6) is 0 Å². The zero-order valence-corrected chi connectivity index (χ0v) is 24.6. The van der Waals surface area contributed by atoms with Crippen molar-refractivity contribution in [1.82, 2.24) is 25.1 Å². The van der Waals surface area contributed by atoms with Gasteiger partial charge in [-0.2, -0.15) is 0 Å². The molecular weight excluding hydrogens is 529 g/mol. The lowest BCUT2D eigenvalue weighted by atomic mass is 9.59. The molecule has 3 aliphatic rings. The summed E-state index contributed by atoms with van der Waals surface area (Å²) in [5, 5.41) is 3.09. The third-order valence-electron chi connectivity index (χ3n) is 9.13. The largest absolute Gasteiger partial charge is 0.344 e. The molecule has 42 heavy (non-hydrogen) atoms. The first-order chi connectivity index (χ1) is 20.2. The molecule has 1 atom stereocenters. The van der Waals surface area contributed by atoms with Crippen molar-refractivity contribution in [2.75, 3.05) is 33.2 Å². The number of hydrogen-bond donors (Lipinski definition) is 1. The molecule has 8 heteroatoms. The second kappa shape index (κ2) is 11.4. The van der Waals surface area contributed by atoms with Crippen molar-refractivity contribution in [1.29, 1.82) is 0 Å². The molecule has 2 aliphatic heterocycles. The number of rotatable bonds is 6. The van der Waals surface area contributed by atoms with Crippen LogP contribution in [0.15, 0.2) is 66.4 Å². The van der Waals surface area contributed by atoms with Crippen LogP contribution in [-0.4, -0.2) is 64.8 Å². The minimum absolute atomic E-state index is 0.0889. The lowest BCUT2D eigenvalue weighted by Gasteiger charge is -2.56. The molecular formula is C34H38FN5O2. The lowest BCUT2D eigenvalue weighted by molar-refractivity contribution is -0.129. The SMILES string of the molecule is CC(=O)N1CCC(c2nccc(C(=O)N[C@H](C)c3ccc(C(=C4CC5(C4)CN(C)C5)c4ccc(F)cc4)cc3)n2)CC1. The van der Waals surface area contributed by atoms with Gasteiger partial charge in [-0.15, -0.1) is 0 Å². The van der Waals surface area contributed by atoms with E-state index in [0.717, 1.165) is 55.5 Å². The number of likely N-dealkylation sites (tertiary alicyclic amines) is 2. The minimum atomic E-state index is -0.240. The van der Waals surface area contributed by atoms with Gasteiger partial charge in [0, 0.05) is 50.6 Å². The number of benzene rings is 2. The van der Waals surface area contributed by atoms with E-state index in [4.69, 9.17) is 0 Å². The summed E-state index contributed by atoms with van der Waals surface area (Å²) in [5.41, 5.74) is 6.51. The number of carbonyl (C=O) groups excluding carboxylic acids is 2. The van der Waals surface area contributed by atoms with Gasteiger partial charge >= 0.3 is 0 Å². The summed E-state index contributed by atoms with van der Waals surface area (Å²) in [7, 11) is 2.16. The lowest BCUT2D eigenvalue weighted by Crippen LogP contribution is -2.58. The third kappa shape index (κ3) is 5.73. The molecule has 3 aromatic rings. The molecule has 6 rings (SSSR count). The average molecular weight is 568 g/mol. The van der Waals surface area contributed by atoms with Crippen LogP contribution in [0, 0.1) is 11.2 Å². The topological polar surface area (TPSA) is 78.4 Å². The van der Waals surface area contributed by atoms with Crippen LogP contribution in [0.1, 0.15) is 84.5 Å². The van der Waals surface area contributed by atoms with Crippen molar-refractivity contribution >= 4 is 17.4 Å². The van der Waals surface area contributed by atoms with Gasteiger partial charge < -0.3 is 15.1 Å². The van der Waals surface area contributed by atoms with Crippen LogP contribution in [0.2, 0.25) is 0 Å². The molecule has 3 heterocycles. The maximum absolute atomic E-state index is 13.7. The van der Waals surface area contributed by atoms with Crippen molar-refractivity contribution in [2.24, 2.45) is 5.41 Å². The molecule has 0 radical (unpaired) electrons. The minimum Gasteiger partial charge on any atom is -0.344 e. The van der Waals surface area contributed by atoms with Crippen LogP contribution in [0.25, 0.3) is 5.57 Å². The highest BCUT2D eigenvalue weighted by molar-refractivity contribution is 5.92. The standard InChI is InChI=1S/C34H38FN5O2/c1-22(37-33(42)30-12-15-36-32(38-30)27-13-16-40(17-14-27)23(2)41)24-4-6-25(7-5-24)31(26-8-10-29(35)11-9-26)28-18-34(19-28)20-39(3)21-34/h4-12,15,22,27H,13-14,16-21H2,1-3H3,(H,37,42)/t22-/m1/s1. The molecule has 7 nitrogen and oxygen atoms in total. The molecule has 0 bridgehead atoms. The second-order valence-electron chi connectivity index (χ2n) is 12.4. The molecule has 1 spiro atoms. The fraction of sp³-hybridized carbons (Fsp3) is 0.412. The Balaban J connectivity index is 1.14. The Morgan fingerprint density at radius 1 is 0.976 bits per heavy atom. The van der Waals surface area contributed by atoms with Gasteiger partial charge in [0.05, 0.1) is 6.04 Å². The molecule has 1 saturated carbocycles. The molecule has 218 valence electrons. The normalized spacial score (nSPS) is 19.1. The first-order valence-electron chi connectivity index (χ1n) is 14.9. The van der Waals surface area contributed by atoms with Crippen LogP contribution in [-0.2, 0) is 4.79 Å². The van der Waals surface area contributed by atoms with Crippen LogP contribution >= 0.6 is 0 Å². The number of hydrogen-bond acceptors (Lipinski definition) is 5. The summed E-state index contributed by atoms with van der Waals surface area (Å²) in [6.07, 6.45) is 5.39. The Kier molecular flexibility index (Phi) is 7.66. The third-order valence-corrected chi connectivity index (χ3v) is 9.13. The number of nitrogens with one attached hydrogen (secondary N) is 1. The number of carbonyl (C=O) groups is 2. The Bertz CT molecular complexity index is 1490. The zero-order chi connectivity index (χ0) is 29.4. The average Bonchev–Trinajstić information content (AvgIpc) is 2.96. The number of nitrogens with zero attached hydrogens (tertiary/aromatic N) is 4. The predicted octanol–water partition coefficient (Wildman–Crippen LogP) is 5.36. The van der Waals surface area contributed by atoms with Crippen molar-refractivity contribution in [3.63, 3.8) is 0 Å². The molecule has 0 unspecified atom stereocenters. The van der Waals surface area contributed by atoms with E-state index in [1.807, 2.05) is 24.0 Å². The van der Waals surface area contributed by atoms with E-state index >= 15 is 0 Å². The smallest absolute Gasteiger partial charge is 0.270 e. The highest BCUT2D eigenvalue weighted by Gasteiger charge is 2.49. The van der Waals surface area contributed by atoms with Crippen molar-refractivity contribution in [3.8, 4) is 0 Å². The Hall–Kier alpha value is -3.91. The Morgan fingerprint density at radius 3 is 2.19 bits per heavy atom. The summed E-state index contributed by atoms with van der Waals surface area (Å²) >= 11 is 0. The monoisotopic (exact) mass is 567 g/mol. The molecule has 2 amide bonds. The fourth-order valence-electron chi connectivity index (χ4n) is 6.99. The van der Waals surface area contributed by atoms with Gasteiger partial charge in [0.1, 0.15) is 17.3 Å². The number of halogens is 1. The highest BCUT2D eigenvalue weighted by atomic mass is 19.1. The Labute approximate surface area is 246 Å². The van der Waals surface area contributed by atoms with Crippen molar-refractivity contribution in [3.05, 3.63) is 100 Å². The van der Waals surface area contributed by atoms with E-state index in [9.17, 15) is 14.0 Å². The summed E-state index contributed by atoms with van der Waals surface area (Å²) in [4.78, 5) is 38.0. The first-order valence-corrected chi connectivity index (χ1v) is 14.9. The second-order valence-corrected chi connectivity index (χ2v) is 12.4. The highest BCUT2D eigenvalue weighted by Crippen LogP contribution is 2.54. The van der Waals surface area contributed by atoms with Gasteiger partial charge in [0.15, 0.2) is 0 Å². The van der Waals surface area contributed by atoms with Crippen molar-refractivity contribution in [2.45, 2.75) is 51.5 Å². The summed E-state index contributed by atoms with van der Waals surface area (Å²) in [6, 6.07) is 16.6. The van der Waals surface area contributed by atoms with E-state index in [0.29, 0.717) is 30.0 Å². The summed E-state index contributed by atoms with van der Waals surface area (Å²) in [6.45, 7) is 7.20. The van der Waals surface area contributed by atoms with Gasteiger partial charge in [0.25, 0.3) is 5.91 Å². The molecule has 1 N–H and O–H groups in total. The number of allylic oxidation sites excluding steroid dienone is 1. The van der Waals surface area contributed by atoms with E-state index in [1.54, 1.807) is 19.2 Å². The molecule has 1 aromatic heterocycles. The van der Waals surface area contributed by atoms with E-state index in [-0.39, 0.29) is 29.6 Å². The summed E-state index contributed by atoms with van der Waals surface area (Å²) < 4.78 is 13.7. The van der Waals surface area contributed by atoms with Gasteiger partial charge in [-0.05, 0) is 80.1 Å². The molecule has 1 aliphatic carbocycles. The molecule has 2 aromatic carbocycles. The first kappa shape index (κ1) is 28.2. The predicted molar refractivity (Wildman–Crippen MR) is 160 cm³/mol. The van der Waals surface area contributed by atoms with E-state index < -0.39 is 0 Å². The van der Waals surface area contributed by atoms with Crippen LogP contribution < -0.4 is 5.32 Å². The van der Waals surface area contributed by atoms with Crippen molar-refractivity contribution < 1.29 is 14.0 Å². The molecule has 2 saturated heterocycles. The van der Waals surface area contributed by atoms with E-state index in [2.05, 4.69) is 51.5 Å². The number of aromatic nitrogens is 2. The summed E-state index contributed by atoms with van der Waals surface area (Å²) in [5.74, 6) is 0.415. The Morgan fingerprint density at radius 2 is 1.60 bits per heavy atom. The maximum Gasteiger partial charge on any atom is 0.270 e. The fourth-order valence-corrected chi connectivity index (χ4v) is 6.99. The number of piperidine rings is 1. The molecule has 3 fully saturated rings. The van der Waals surface area contributed by atoms with Crippen LogP contribution in [0.4, 0.5) is 4.39 Å². The zero-order valence-electron chi connectivity index (χ0n) is 24.6. The van der Waals surface area contributed by atoms with E-state index in [1.165, 1.54) is 23.3 Å². The van der Waals surface area contributed by atoms with Gasteiger partial charge in [-0.3, -0.25) is 9.59 Å². The maximum atomic E-state index is 13.7. The van der Waals surface area contributed by atoms with Gasteiger partial charge in [-0.25, -0.2) is 14.4 Å². The van der Waals surface area contributed by atoms with Gasteiger partial charge in [0.2, 0.25) is 5.91 Å². The van der Waals surface area contributed by atoms with Gasteiger partial charge in [-0.1, -0.05) is 42.0 Å². The number of amides is 2. The van der Waals surface area contributed by atoms with Crippen LogP contribution in [0.3, 0.4) is 0 Å². The quantitative estimate of drug-likeness (QED) is 0.434.